The van der Waals surface area contributed by atoms with Crippen LogP contribution in [0.15, 0.2) is 36.7 Å². The van der Waals surface area contributed by atoms with E-state index in [0.717, 1.165) is 10.9 Å². The SMILES string of the molecule is CC(C)c1cnc2nn(-c3cc(N4CC(F)(F)C4)ccc3F)cc2c1. The molecule has 0 unspecified atom stereocenters. The molecule has 7 heteroatoms. The fourth-order valence-electron chi connectivity index (χ4n) is 2.94. The maximum Gasteiger partial charge on any atom is 0.282 e. The van der Waals surface area contributed by atoms with Gasteiger partial charge in [0.1, 0.15) is 11.5 Å². The van der Waals surface area contributed by atoms with Gasteiger partial charge in [-0.2, -0.15) is 0 Å². The lowest BCUT2D eigenvalue weighted by Crippen LogP contribution is -2.56. The zero-order valence-corrected chi connectivity index (χ0v) is 13.9. The molecule has 0 atom stereocenters. The summed E-state index contributed by atoms with van der Waals surface area (Å²) in [7, 11) is 0. The molecular formula is C18H17F3N4. The molecule has 1 aliphatic rings. The van der Waals surface area contributed by atoms with Crippen LogP contribution in [-0.2, 0) is 0 Å². The van der Waals surface area contributed by atoms with E-state index < -0.39 is 11.7 Å². The third-order valence-corrected chi connectivity index (χ3v) is 4.43. The first kappa shape index (κ1) is 15.9. The highest BCUT2D eigenvalue weighted by Crippen LogP contribution is 2.33. The second-order valence-electron chi connectivity index (χ2n) is 6.76. The van der Waals surface area contributed by atoms with Crippen molar-refractivity contribution in [2.45, 2.75) is 25.7 Å². The number of nitrogens with zero attached hydrogens (tertiary/aromatic N) is 4. The van der Waals surface area contributed by atoms with Gasteiger partial charge in [0.25, 0.3) is 5.92 Å². The lowest BCUT2D eigenvalue weighted by atomic mass is 10.1. The number of alkyl halides is 2. The topological polar surface area (TPSA) is 34.0 Å². The number of anilines is 1. The zero-order chi connectivity index (χ0) is 17.8. The van der Waals surface area contributed by atoms with Crippen LogP contribution in [0.4, 0.5) is 18.9 Å². The van der Waals surface area contributed by atoms with E-state index in [2.05, 4.69) is 23.9 Å². The molecule has 1 aromatic carbocycles. The molecule has 0 N–H and O–H groups in total. The summed E-state index contributed by atoms with van der Waals surface area (Å²) in [5.74, 6) is -2.81. The highest BCUT2D eigenvalue weighted by molar-refractivity contribution is 5.75. The minimum Gasteiger partial charge on any atom is -0.359 e. The molecule has 0 spiro atoms. The van der Waals surface area contributed by atoms with Crippen molar-refractivity contribution >= 4 is 16.7 Å². The smallest absolute Gasteiger partial charge is 0.282 e. The van der Waals surface area contributed by atoms with Gasteiger partial charge in [-0.05, 0) is 35.7 Å². The molecule has 2 aromatic heterocycles. The monoisotopic (exact) mass is 346 g/mol. The molecule has 1 aliphatic heterocycles. The lowest BCUT2D eigenvalue weighted by molar-refractivity contribution is -0.0262. The van der Waals surface area contributed by atoms with Gasteiger partial charge in [-0.15, -0.1) is 5.10 Å². The first-order valence-electron chi connectivity index (χ1n) is 8.10. The van der Waals surface area contributed by atoms with Crippen molar-refractivity contribution in [3.63, 3.8) is 0 Å². The Labute approximate surface area is 142 Å². The predicted molar refractivity (Wildman–Crippen MR) is 90.1 cm³/mol. The van der Waals surface area contributed by atoms with Gasteiger partial charge < -0.3 is 4.90 Å². The minimum atomic E-state index is -2.67. The van der Waals surface area contributed by atoms with E-state index in [9.17, 15) is 13.2 Å². The van der Waals surface area contributed by atoms with Crippen molar-refractivity contribution in [2.75, 3.05) is 18.0 Å². The Morgan fingerprint density at radius 1 is 1.16 bits per heavy atom. The van der Waals surface area contributed by atoms with E-state index in [0.29, 0.717) is 17.3 Å². The van der Waals surface area contributed by atoms with Gasteiger partial charge >= 0.3 is 0 Å². The van der Waals surface area contributed by atoms with Crippen LogP contribution in [0.3, 0.4) is 0 Å². The Hall–Kier alpha value is -2.57. The van der Waals surface area contributed by atoms with Crippen LogP contribution < -0.4 is 4.90 Å². The van der Waals surface area contributed by atoms with E-state index >= 15 is 0 Å². The Bertz CT molecular complexity index is 941. The molecule has 3 heterocycles. The van der Waals surface area contributed by atoms with Crippen LogP contribution in [-0.4, -0.2) is 33.8 Å². The maximum absolute atomic E-state index is 14.3. The Morgan fingerprint density at radius 3 is 2.60 bits per heavy atom. The van der Waals surface area contributed by atoms with Crippen LogP contribution in [0, 0.1) is 5.82 Å². The Balaban J connectivity index is 1.72. The summed E-state index contributed by atoms with van der Waals surface area (Å²) in [6.45, 7) is 3.44. The first-order valence-corrected chi connectivity index (χ1v) is 8.10. The van der Waals surface area contributed by atoms with Gasteiger partial charge in [-0.1, -0.05) is 13.8 Å². The van der Waals surface area contributed by atoms with Gasteiger partial charge in [0, 0.05) is 23.5 Å². The normalized spacial score (nSPS) is 16.5. The number of halogens is 3. The predicted octanol–water partition coefficient (Wildman–Crippen LogP) is 4.14. The zero-order valence-electron chi connectivity index (χ0n) is 13.9. The van der Waals surface area contributed by atoms with Gasteiger partial charge in [0.05, 0.1) is 13.1 Å². The second kappa shape index (κ2) is 5.47. The molecule has 4 nitrogen and oxygen atoms in total. The standard InChI is InChI=1S/C18H17F3N4/c1-11(2)12-5-13-8-25(23-17(13)22-7-12)16-6-14(3-4-15(16)19)24-9-18(20,21)10-24/h3-8,11H,9-10H2,1-2H3. The molecule has 25 heavy (non-hydrogen) atoms. The molecular weight excluding hydrogens is 329 g/mol. The highest BCUT2D eigenvalue weighted by Gasteiger charge is 2.44. The number of fused-ring (bicyclic) bond motifs is 1. The summed E-state index contributed by atoms with van der Waals surface area (Å²) >= 11 is 0. The van der Waals surface area contributed by atoms with Crippen LogP contribution in [0.5, 0.6) is 0 Å². The van der Waals surface area contributed by atoms with Crippen LogP contribution >= 0.6 is 0 Å². The summed E-state index contributed by atoms with van der Waals surface area (Å²) in [6, 6.07) is 6.31. The molecule has 0 aliphatic carbocycles. The van der Waals surface area contributed by atoms with Crippen molar-refractivity contribution in [2.24, 2.45) is 0 Å². The van der Waals surface area contributed by atoms with E-state index in [4.69, 9.17) is 0 Å². The molecule has 4 rings (SSSR count). The van der Waals surface area contributed by atoms with Crippen molar-refractivity contribution in [1.82, 2.24) is 14.8 Å². The summed E-state index contributed by atoms with van der Waals surface area (Å²) < 4.78 is 41.9. The number of hydrogen-bond acceptors (Lipinski definition) is 3. The van der Waals surface area contributed by atoms with E-state index in [1.54, 1.807) is 18.5 Å². The van der Waals surface area contributed by atoms with Gasteiger partial charge in [0.15, 0.2) is 5.65 Å². The average molecular weight is 346 g/mol. The lowest BCUT2D eigenvalue weighted by Gasteiger charge is -2.40. The summed E-state index contributed by atoms with van der Waals surface area (Å²) in [4.78, 5) is 5.83. The van der Waals surface area contributed by atoms with Gasteiger partial charge in [-0.3, -0.25) is 0 Å². The molecule has 3 aromatic rings. The number of hydrogen-bond donors (Lipinski definition) is 0. The Kier molecular flexibility index (Phi) is 3.49. The minimum absolute atomic E-state index is 0.219. The highest BCUT2D eigenvalue weighted by atomic mass is 19.3. The molecule has 0 bridgehead atoms. The van der Waals surface area contributed by atoms with Crippen molar-refractivity contribution < 1.29 is 13.2 Å². The molecule has 1 saturated heterocycles. The number of benzene rings is 1. The summed E-state index contributed by atoms with van der Waals surface area (Å²) in [5, 5.41) is 5.13. The van der Waals surface area contributed by atoms with E-state index in [-0.39, 0.29) is 18.8 Å². The van der Waals surface area contributed by atoms with Crippen LogP contribution in [0.2, 0.25) is 0 Å². The summed E-state index contributed by atoms with van der Waals surface area (Å²) in [5.41, 5.74) is 2.36. The first-order chi connectivity index (χ1) is 11.8. The van der Waals surface area contributed by atoms with Crippen LogP contribution in [0.1, 0.15) is 25.3 Å². The molecule has 130 valence electrons. The third kappa shape index (κ3) is 2.83. The van der Waals surface area contributed by atoms with Gasteiger partial charge in [-0.25, -0.2) is 22.8 Å². The van der Waals surface area contributed by atoms with Crippen molar-refractivity contribution in [3.05, 3.63) is 48.0 Å². The molecule has 0 saturated carbocycles. The van der Waals surface area contributed by atoms with E-state index in [1.807, 2.05) is 6.07 Å². The second-order valence-corrected chi connectivity index (χ2v) is 6.76. The fourth-order valence-corrected chi connectivity index (χ4v) is 2.94. The fraction of sp³-hybridized carbons (Fsp3) is 0.333. The largest absolute Gasteiger partial charge is 0.359 e. The number of rotatable bonds is 3. The number of pyridine rings is 1. The maximum atomic E-state index is 14.3. The quantitative estimate of drug-likeness (QED) is 0.715. The third-order valence-electron chi connectivity index (χ3n) is 4.43. The molecule has 1 fully saturated rings. The van der Waals surface area contributed by atoms with E-state index in [1.165, 1.54) is 21.7 Å². The average Bonchev–Trinajstić information content (AvgIpc) is 2.95. The van der Waals surface area contributed by atoms with Crippen molar-refractivity contribution in [1.29, 1.82) is 0 Å². The molecule has 0 radical (unpaired) electrons. The number of aromatic nitrogens is 3. The van der Waals surface area contributed by atoms with Crippen molar-refractivity contribution in [3.8, 4) is 5.69 Å². The Morgan fingerprint density at radius 2 is 1.92 bits per heavy atom. The summed E-state index contributed by atoms with van der Waals surface area (Å²) in [6.07, 6.45) is 3.47. The van der Waals surface area contributed by atoms with Crippen LogP contribution in [0.25, 0.3) is 16.7 Å². The molecule has 0 amide bonds. The van der Waals surface area contributed by atoms with Gasteiger partial charge in [0.2, 0.25) is 0 Å².